The van der Waals surface area contributed by atoms with Gasteiger partial charge in [0, 0.05) is 24.7 Å². The zero-order valence-corrected chi connectivity index (χ0v) is 13.3. The molecule has 0 radical (unpaired) electrons. The van der Waals surface area contributed by atoms with Gasteiger partial charge in [0.25, 0.3) is 0 Å². The molecule has 19 heavy (non-hydrogen) atoms. The number of anilines is 1. The predicted molar refractivity (Wildman–Crippen MR) is 83.0 cm³/mol. The molecule has 1 heterocycles. The van der Waals surface area contributed by atoms with E-state index < -0.39 is 0 Å². The lowest BCUT2D eigenvalue weighted by atomic mass is 9.75. The number of nitrogens with zero attached hydrogens (tertiary/aromatic N) is 2. The van der Waals surface area contributed by atoms with Gasteiger partial charge < -0.3 is 4.90 Å². The van der Waals surface area contributed by atoms with Crippen LogP contribution in [0.4, 0.5) is 5.82 Å². The van der Waals surface area contributed by atoms with Gasteiger partial charge >= 0.3 is 0 Å². The lowest BCUT2D eigenvalue weighted by molar-refractivity contribution is 0.222. The van der Waals surface area contributed by atoms with Crippen molar-refractivity contribution in [1.29, 1.82) is 0 Å². The van der Waals surface area contributed by atoms with Crippen LogP contribution in [0.2, 0.25) is 0 Å². The quantitative estimate of drug-likeness (QED) is 0.756. The van der Waals surface area contributed by atoms with E-state index in [-0.39, 0.29) is 0 Å². The van der Waals surface area contributed by atoms with Crippen molar-refractivity contribution in [3.05, 3.63) is 23.4 Å². The zero-order chi connectivity index (χ0) is 14.0. The SMILES string of the molecule is Cc1cc(CCl)cc(N(C)C2CCC(C)(C)CC2)n1. The van der Waals surface area contributed by atoms with E-state index in [1.54, 1.807) is 0 Å². The molecule has 0 amide bonds. The molecule has 2 rings (SSSR count). The maximum absolute atomic E-state index is 5.95. The van der Waals surface area contributed by atoms with Crippen molar-refractivity contribution < 1.29 is 0 Å². The summed E-state index contributed by atoms with van der Waals surface area (Å²) in [5, 5.41) is 0. The minimum absolute atomic E-state index is 0.513. The van der Waals surface area contributed by atoms with Crippen LogP contribution >= 0.6 is 11.6 Å². The monoisotopic (exact) mass is 280 g/mol. The average Bonchev–Trinajstić information content (AvgIpc) is 2.37. The summed E-state index contributed by atoms with van der Waals surface area (Å²) in [6.07, 6.45) is 5.12. The Bertz CT molecular complexity index is 432. The van der Waals surface area contributed by atoms with Gasteiger partial charge in [-0.05, 0) is 55.7 Å². The lowest BCUT2D eigenvalue weighted by Crippen LogP contribution is -2.37. The van der Waals surface area contributed by atoms with Gasteiger partial charge in [0.15, 0.2) is 0 Å². The molecule has 1 aromatic rings. The summed E-state index contributed by atoms with van der Waals surface area (Å²) in [5.41, 5.74) is 2.72. The second kappa shape index (κ2) is 5.70. The highest BCUT2D eigenvalue weighted by atomic mass is 35.5. The Kier molecular flexibility index (Phi) is 4.39. The molecule has 1 aromatic heterocycles. The van der Waals surface area contributed by atoms with Crippen molar-refractivity contribution in [3.63, 3.8) is 0 Å². The first-order chi connectivity index (χ1) is 8.91. The highest BCUT2D eigenvalue weighted by Gasteiger charge is 2.29. The zero-order valence-electron chi connectivity index (χ0n) is 12.5. The third-order valence-electron chi connectivity index (χ3n) is 4.37. The van der Waals surface area contributed by atoms with Gasteiger partial charge in [-0.1, -0.05) is 13.8 Å². The topological polar surface area (TPSA) is 16.1 Å². The second-order valence-corrected chi connectivity index (χ2v) is 6.88. The van der Waals surface area contributed by atoms with E-state index in [9.17, 15) is 0 Å². The molecule has 0 atom stereocenters. The summed E-state index contributed by atoms with van der Waals surface area (Å²) in [6.45, 7) is 6.79. The normalized spacial score (nSPS) is 19.4. The molecule has 106 valence electrons. The molecular formula is C16H25ClN2. The van der Waals surface area contributed by atoms with E-state index in [0.717, 1.165) is 17.1 Å². The highest BCUT2D eigenvalue weighted by molar-refractivity contribution is 6.17. The Morgan fingerprint density at radius 1 is 1.32 bits per heavy atom. The molecule has 0 bridgehead atoms. The second-order valence-electron chi connectivity index (χ2n) is 6.61. The summed E-state index contributed by atoms with van der Waals surface area (Å²) in [7, 11) is 2.17. The van der Waals surface area contributed by atoms with E-state index in [2.05, 4.69) is 42.9 Å². The van der Waals surface area contributed by atoms with Crippen LogP contribution in [0.1, 0.15) is 50.8 Å². The van der Waals surface area contributed by atoms with Gasteiger partial charge in [0.2, 0.25) is 0 Å². The predicted octanol–water partition coefficient (Wildman–Crippen LogP) is 4.53. The molecule has 0 spiro atoms. The number of rotatable bonds is 3. The summed E-state index contributed by atoms with van der Waals surface area (Å²) < 4.78 is 0. The summed E-state index contributed by atoms with van der Waals surface area (Å²) in [4.78, 5) is 7.01. The molecule has 1 aliphatic carbocycles. The fraction of sp³-hybridized carbons (Fsp3) is 0.688. The van der Waals surface area contributed by atoms with E-state index in [1.807, 2.05) is 6.92 Å². The van der Waals surface area contributed by atoms with Crippen LogP contribution in [-0.2, 0) is 5.88 Å². The van der Waals surface area contributed by atoms with Crippen LogP contribution in [0.5, 0.6) is 0 Å². The van der Waals surface area contributed by atoms with Gasteiger partial charge in [-0.15, -0.1) is 11.6 Å². The average molecular weight is 281 g/mol. The third-order valence-corrected chi connectivity index (χ3v) is 4.68. The fourth-order valence-electron chi connectivity index (χ4n) is 2.94. The van der Waals surface area contributed by atoms with Crippen molar-refractivity contribution in [2.75, 3.05) is 11.9 Å². The minimum atomic E-state index is 0.513. The van der Waals surface area contributed by atoms with E-state index in [4.69, 9.17) is 11.6 Å². The summed E-state index contributed by atoms with van der Waals surface area (Å²) in [5.74, 6) is 1.63. The lowest BCUT2D eigenvalue weighted by Gasteiger charge is -2.39. The number of aryl methyl sites for hydroxylation is 1. The summed E-state index contributed by atoms with van der Waals surface area (Å²) >= 11 is 5.95. The summed E-state index contributed by atoms with van der Waals surface area (Å²) in [6, 6.07) is 4.80. The van der Waals surface area contributed by atoms with E-state index in [1.165, 1.54) is 25.7 Å². The molecule has 1 saturated carbocycles. The van der Waals surface area contributed by atoms with E-state index >= 15 is 0 Å². The highest BCUT2D eigenvalue weighted by Crippen LogP contribution is 2.37. The van der Waals surface area contributed by atoms with Crippen LogP contribution in [0, 0.1) is 12.3 Å². The first kappa shape index (κ1) is 14.6. The van der Waals surface area contributed by atoms with Gasteiger partial charge in [0.05, 0.1) is 0 Å². The molecule has 0 aliphatic heterocycles. The molecule has 1 aliphatic rings. The number of halogens is 1. The molecule has 0 aromatic carbocycles. The first-order valence-electron chi connectivity index (χ1n) is 7.18. The molecule has 0 N–H and O–H groups in total. The Morgan fingerprint density at radius 2 is 1.95 bits per heavy atom. The number of aromatic nitrogens is 1. The van der Waals surface area contributed by atoms with Crippen LogP contribution in [0.15, 0.2) is 12.1 Å². The Balaban J connectivity index is 2.11. The number of hydrogen-bond acceptors (Lipinski definition) is 2. The van der Waals surface area contributed by atoms with Crippen molar-refractivity contribution >= 4 is 17.4 Å². The molecule has 3 heteroatoms. The van der Waals surface area contributed by atoms with Crippen LogP contribution < -0.4 is 4.90 Å². The van der Waals surface area contributed by atoms with E-state index in [0.29, 0.717) is 17.3 Å². The van der Waals surface area contributed by atoms with Gasteiger partial charge in [0.1, 0.15) is 5.82 Å². The molecule has 2 nitrogen and oxygen atoms in total. The largest absolute Gasteiger partial charge is 0.357 e. The van der Waals surface area contributed by atoms with Crippen molar-refractivity contribution in [3.8, 4) is 0 Å². The molecule has 0 saturated heterocycles. The maximum Gasteiger partial charge on any atom is 0.129 e. The van der Waals surface area contributed by atoms with Gasteiger partial charge in [-0.3, -0.25) is 0 Å². The van der Waals surface area contributed by atoms with Crippen LogP contribution in [-0.4, -0.2) is 18.1 Å². The standard InChI is InChI=1S/C16H25ClN2/c1-12-9-13(11-17)10-15(18-12)19(4)14-5-7-16(2,3)8-6-14/h9-10,14H,5-8,11H2,1-4H3. The molecule has 0 unspecified atom stereocenters. The van der Waals surface area contributed by atoms with Crippen molar-refractivity contribution in [2.45, 2.75) is 58.4 Å². The number of pyridine rings is 1. The fourth-order valence-corrected chi connectivity index (χ4v) is 3.09. The first-order valence-corrected chi connectivity index (χ1v) is 7.71. The van der Waals surface area contributed by atoms with Gasteiger partial charge in [-0.25, -0.2) is 4.98 Å². The Labute approximate surface area is 122 Å². The van der Waals surface area contributed by atoms with Crippen LogP contribution in [0.25, 0.3) is 0 Å². The maximum atomic E-state index is 5.95. The van der Waals surface area contributed by atoms with Crippen molar-refractivity contribution in [1.82, 2.24) is 4.98 Å². The van der Waals surface area contributed by atoms with Gasteiger partial charge in [-0.2, -0.15) is 0 Å². The third kappa shape index (κ3) is 3.62. The Hall–Kier alpha value is -0.760. The molecular weight excluding hydrogens is 256 g/mol. The Morgan fingerprint density at radius 3 is 2.53 bits per heavy atom. The number of alkyl halides is 1. The minimum Gasteiger partial charge on any atom is -0.357 e. The van der Waals surface area contributed by atoms with Crippen molar-refractivity contribution in [2.24, 2.45) is 5.41 Å². The smallest absolute Gasteiger partial charge is 0.129 e. The number of hydrogen-bond donors (Lipinski definition) is 0. The van der Waals surface area contributed by atoms with Crippen LogP contribution in [0.3, 0.4) is 0 Å². The molecule has 1 fully saturated rings.